The molecule has 1 heterocycles. The summed E-state index contributed by atoms with van der Waals surface area (Å²) in [7, 11) is 0. The third kappa shape index (κ3) is 5.36. The molecule has 2 aromatic carbocycles. The number of hydrogen-bond acceptors (Lipinski definition) is 4. The van der Waals surface area contributed by atoms with E-state index in [2.05, 4.69) is 15.5 Å². The van der Waals surface area contributed by atoms with Crippen LogP contribution in [0.1, 0.15) is 12.8 Å². The number of halogens is 2. The fourth-order valence-electron chi connectivity index (χ4n) is 2.87. The second-order valence-electron chi connectivity index (χ2n) is 6.05. The minimum Gasteiger partial charge on any atom is -0.376 e. The van der Waals surface area contributed by atoms with Gasteiger partial charge in [0.05, 0.1) is 6.54 Å². The molecular weight excluding hydrogens is 356 g/mol. The van der Waals surface area contributed by atoms with Crippen LogP contribution in [0.3, 0.4) is 0 Å². The Bertz CT molecular complexity index is 717. The molecule has 0 atom stereocenters. The number of thioether (sulfide) groups is 1. The Kier molecular flexibility index (Phi) is 6.33. The Morgan fingerprint density at radius 1 is 1.00 bits per heavy atom. The third-order valence-corrected chi connectivity index (χ3v) is 4.88. The molecule has 0 unspecified atom stereocenters. The molecule has 7 heteroatoms. The number of nitrogens with one attached hydrogen (secondary N) is 2. The zero-order valence-corrected chi connectivity index (χ0v) is 15.1. The molecule has 1 amide bonds. The summed E-state index contributed by atoms with van der Waals surface area (Å²) in [5, 5.41) is 5.83. The number of carbonyl (C=O) groups excluding carboxylic acids is 1. The van der Waals surface area contributed by atoms with Gasteiger partial charge in [-0.3, -0.25) is 4.79 Å². The van der Waals surface area contributed by atoms with Crippen LogP contribution in [0, 0.1) is 0 Å². The van der Waals surface area contributed by atoms with Crippen molar-refractivity contribution in [2.24, 2.45) is 0 Å². The highest BCUT2D eigenvalue weighted by atomic mass is 32.2. The number of benzene rings is 2. The van der Waals surface area contributed by atoms with Gasteiger partial charge in [-0.05, 0) is 61.4 Å². The summed E-state index contributed by atoms with van der Waals surface area (Å²) in [6.45, 7) is 2.28. The quantitative estimate of drug-likeness (QED) is 0.690. The second-order valence-corrected chi connectivity index (χ2v) is 7.11. The number of carbonyl (C=O) groups is 1. The van der Waals surface area contributed by atoms with Crippen molar-refractivity contribution in [3.05, 3.63) is 48.5 Å². The molecule has 0 spiro atoms. The number of hydrogen-bond donors (Lipinski definition) is 2. The van der Waals surface area contributed by atoms with Crippen molar-refractivity contribution >= 4 is 34.7 Å². The van der Waals surface area contributed by atoms with E-state index in [9.17, 15) is 13.6 Å². The summed E-state index contributed by atoms with van der Waals surface area (Å²) in [5.41, 5.74) is 2.65. The van der Waals surface area contributed by atoms with Crippen LogP contribution in [0.25, 0.3) is 0 Å². The molecule has 0 bridgehead atoms. The highest BCUT2D eigenvalue weighted by Gasteiger charge is 2.12. The van der Waals surface area contributed by atoms with Gasteiger partial charge in [0.1, 0.15) is 0 Å². The van der Waals surface area contributed by atoms with Gasteiger partial charge in [0.15, 0.2) is 0 Å². The monoisotopic (exact) mass is 377 g/mol. The standard InChI is InChI=1S/C19H21F2N3OS/c20-19(21)26-17-9-5-14(6-10-17)22-13-18(25)23-15-3-7-16(8-4-15)24-11-1-2-12-24/h3-10,19,22H,1-2,11-13H2,(H,23,25). The SMILES string of the molecule is O=C(CNc1ccc(SC(F)F)cc1)Nc1ccc(N2CCCC2)cc1. The van der Waals surface area contributed by atoms with Crippen LogP contribution < -0.4 is 15.5 Å². The molecule has 0 aliphatic carbocycles. The van der Waals surface area contributed by atoms with Crippen LogP contribution in [0.15, 0.2) is 53.4 Å². The molecule has 3 rings (SSSR count). The normalized spacial score (nSPS) is 13.9. The Balaban J connectivity index is 1.46. The van der Waals surface area contributed by atoms with E-state index in [1.165, 1.54) is 18.5 Å². The average molecular weight is 377 g/mol. The summed E-state index contributed by atoms with van der Waals surface area (Å²) in [5.74, 6) is -2.60. The van der Waals surface area contributed by atoms with Gasteiger partial charge in [0.25, 0.3) is 5.76 Å². The van der Waals surface area contributed by atoms with Crippen LogP contribution >= 0.6 is 11.8 Å². The van der Waals surface area contributed by atoms with Gasteiger partial charge < -0.3 is 15.5 Å². The zero-order valence-electron chi connectivity index (χ0n) is 14.3. The first kappa shape index (κ1) is 18.5. The fourth-order valence-corrected chi connectivity index (χ4v) is 3.37. The molecule has 4 nitrogen and oxygen atoms in total. The summed E-state index contributed by atoms with van der Waals surface area (Å²) >= 11 is 0.500. The van der Waals surface area contributed by atoms with Gasteiger partial charge in [0.2, 0.25) is 5.91 Å². The van der Waals surface area contributed by atoms with Crippen molar-refractivity contribution in [3.8, 4) is 0 Å². The number of nitrogens with zero attached hydrogens (tertiary/aromatic N) is 1. The van der Waals surface area contributed by atoms with Crippen molar-refractivity contribution in [3.63, 3.8) is 0 Å². The van der Waals surface area contributed by atoms with E-state index in [-0.39, 0.29) is 12.5 Å². The minimum atomic E-state index is -2.43. The lowest BCUT2D eigenvalue weighted by Gasteiger charge is -2.17. The minimum absolute atomic E-state index is 0.106. The first-order valence-corrected chi connectivity index (χ1v) is 9.42. The number of alkyl halides is 2. The molecule has 2 N–H and O–H groups in total. The molecule has 0 saturated carbocycles. The van der Waals surface area contributed by atoms with Crippen LogP contribution in [-0.2, 0) is 4.79 Å². The van der Waals surface area contributed by atoms with Crippen molar-refractivity contribution in [1.29, 1.82) is 0 Å². The zero-order chi connectivity index (χ0) is 18.4. The maximum absolute atomic E-state index is 12.3. The average Bonchev–Trinajstić information content (AvgIpc) is 3.16. The summed E-state index contributed by atoms with van der Waals surface area (Å²) in [6, 6.07) is 14.4. The molecule has 2 aromatic rings. The van der Waals surface area contributed by atoms with E-state index in [1.807, 2.05) is 24.3 Å². The smallest absolute Gasteiger partial charge is 0.288 e. The Morgan fingerprint density at radius 3 is 2.23 bits per heavy atom. The first-order chi connectivity index (χ1) is 12.6. The van der Waals surface area contributed by atoms with Gasteiger partial charge >= 0.3 is 0 Å². The Morgan fingerprint density at radius 2 is 1.62 bits per heavy atom. The van der Waals surface area contributed by atoms with E-state index in [0.717, 1.165) is 18.8 Å². The molecule has 1 fully saturated rings. The predicted octanol–water partition coefficient (Wildman–Crippen LogP) is 4.65. The van der Waals surface area contributed by atoms with Crippen molar-refractivity contribution in [2.75, 3.05) is 35.2 Å². The highest BCUT2D eigenvalue weighted by molar-refractivity contribution is 7.99. The van der Waals surface area contributed by atoms with Gasteiger partial charge in [-0.25, -0.2) is 0 Å². The van der Waals surface area contributed by atoms with Crippen LogP contribution in [0.4, 0.5) is 25.8 Å². The van der Waals surface area contributed by atoms with E-state index >= 15 is 0 Å². The first-order valence-electron chi connectivity index (χ1n) is 8.54. The number of amides is 1. The Hall–Kier alpha value is -2.28. The molecule has 0 radical (unpaired) electrons. The van der Waals surface area contributed by atoms with Crippen molar-refractivity contribution in [2.45, 2.75) is 23.5 Å². The topological polar surface area (TPSA) is 44.4 Å². The van der Waals surface area contributed by atoms with E-state index < -0.39 is 5.76 Å². The van der Waals surface area contributed by atoms with E-state index in [0.29, 0.717) is 22.3 Å². The summed E-state index contributed by atoms with van der Waals surface area (Å²) in [6.07, 6.45) is 2.46. The molecule has 0 aromatic heterocycles. The lowest BCUT2D eigenvalue weighted by molar-refractivity contribution is -0.114. The number of rotatable bonds is 7. The van der Waals surface area contributed by atoms with E-state index in [1.54, 1.807) is 24.3 Å². The Labute approximate surface area is 156 Å². The van der Waals surface area contributed by atoms with Crippen LogP contribution in [-0.4, -0.2) is 31.3 Å². The predicted molar refractivity (Wildman–Crippen MR) is 103 cm³/mol. The maximum atomic E-state index is 12.3. The van der Waals surface area contributed by atoms with Gasteiger partial charge in [-0.15, -0.1) is 0 Å². The van der Waals surface area contributed by atoms with Crippen LogP contribution in [0.2, 0.25) is 0 Å². The summed E-state index contributed by atoms with van der Waals surface area (Å²) in [4.78, 5) is 14.9. The fraction of sp³-hybridized carbons (Fsp3) is 0.316. The van der Waals surface area contributed by atoms with Crippen molar-refractivity contribution in [1.82, 2.24) is 0 Å². The summed E-state index contributed by atoms with van der Waals surface area (Å²) < 4.78 is 24.6. The molecule has 1 aliphatic heterocycles. The third-order valence-electron chi connectivity index (χ3n) is 4.15. The molecule has 1 saturated heterocycles. The second kappa shape index (κ2) is 8.89. The largest absolute Gasteiger partial charge is 0.376 e. The maximum Gasteiger partial charge on any atom is 0.288 e. The van der Waals surface area contributed by atoms with E-state index in [4.69, 9.17) is 0 Å². The van der Waals surface area contributed by atoms with Gasteiger partial charge in [0, 0.05) is 35.0 Å². The lowest BCUT2D eigenvalue weighted by atomic mass is 10.2. The molecular formula is C19H21F2N3OS. The van der Waals surface area contributed by atoms with Crippen LogP contribution in [0.5, 0.6) is 0 Å². The number of anilines is 3. The van der Waals surface area contributed by atoms with Gasteiger partial charge in [-0.2, -0.15) is 8.78 Å². The molecule has 26 heavy (non-hydrogen) atoms. The molecule has 1 aliphatic rings. The van der Waals surface area contributed by atoms with Crippen molar-refractivity contribution < 1.29 is 13.6 Å². The lowest BCUT2D eigenvalue weighted by Crippen LogP contribution is -2.22. The highest BCUT2D eigenvalue weighted by Crippen LogP contribution is 2.26. The molecule has 138 valence electrons. The van der Waals surface area contributed by atoms with Gasteiger partial charge in [-0.1, -0.05) is 11.8 Å².